The van der Waals surface area contributed by atoms with Crippen molar-refractivity contribution in [3.8, 4) is 11.4 Å². The fraction of sp³-hybridized carbons (Fsp3) is 0.250. The summed E-state index contributed by atoms with van der Waals surface area (Å²) in [5.74, 6) is -2.43. The molecule has 2 heterocycles. The van der Waals surface area contributed by atoms with Crippen molar-refractivity contribution in [1.29, 1.82) is 0 Å². The molecule has 0 unspecified atom stereocenters. The van der Waals surface area contributed by atoms with E-state index in [1.165, 1.54) is 13.8 Å². The normalized spacial score (nSPS) is 11.0. The third-order valence-electron chi connectivity index (χ3n) is 2.34. The first-order chi connectivity index (χ1) is 13.3. The van der Waals surface area contributed by atoms with Crippen molar-refractivity contribution >= 4 is 11.9 Å². The Morgan fingerprint density at radius 2 is 1.03 bits per heavy atom. The van der Waals surface area contributed by atoms with Gasteiger partial charge in [-0.15, -0.1) is 10.2 Å². The topological polar surface area (TPSA) is 282 Å². The molecule has 0 aliphatic heterocycles. The van der Waals surface area contributed by atoms with Crippen LogP contribution in [0, 0.1) is 10.2 Å². The third kappa shape index (κ3) is 27.8. The molecule has 0 saturated heterocycles. The van der Waals surface area contributed by atoms with Gasteiger partial charge in [-0.05, 0) is 38.1 Å². The zero-order chi connectivity index (χ0) is 23.0. The smallest absolute Gasteiger partial charge is 0.548 e. The summed E-state index contributed by atoms with van der Waals surface area (Å²) in [6.07, 6.45) is 3.54. The molecule has 2 atom stereocenters. The number of carbonyl (C=O) groups is 2. The van der Waals surface area contributed by atoms with Crippen molar-refractivity contribution in [3.63, 3.8) is 0 Å². The minimum absolute atomic E-state index is 0. The summed E-state index contributed by atoms with van der Waals surface area (Å²) in [5, 5.41) is 18.9. The second-order valence-corrected chi connectivity index (χ2v) is 5.78. The van der Waals surface area contributed by atoms with Gasteiger partial charge in [0.05, 0.1) is 23.3 Å². The second kappa shape index (κ2) is 19.7. The maximum absolute atomic E-state index is 9.46. The number of pyridine rings is 2. The Balaban J connectivity index is -0.000000167. The van der Waals surface area contributed by atoms with Gasteiger partial charge in [-0.2, -0.15) is 0 Å². The van der Waals surface area contributed by atoms with E-state index in [4.69, 9.17) is 30.1 Å². The van der Waals surface area contributed by atoms with Crippen LogP contribution in [0.3, 0.4) is 0 Å². The summed E-state index contributed by atoms with van der Waals surface area (Å²) < 4.78 is 34.0. The van der Waals surface area contributed by atoms with Crippen LogP contribution < -0.4 is 40.3 Å². The molecule has 0 radical (unpaired) electrons. The van der Waals surface area contributed by atoms with Gasteiger partial charge in [-0.1, -0.05) is 12.1 Å². The molecule has 2 rings (SSSR count). The van der Waals surface area contributed by atoms with Crippen LogP contribution in [0.15, 0.2) is 48.8 Å². The van der Waals surface area contributed by atoms with Crippen LogP contribution in [0.5, 0.6) is 0 Å². The van der Waals surface area contributed by atoms with E-state index in [1.807, 2.05) is 36.4 Å². The number of carboxylic acids is 2. The molecule has 13 nitrogen and oxygen atoms in total. The van der Waals surface area contributed by atoms with Crippen molar-refractivity contribution in [2.75, 3.05) is 0 Å². The number of hydrogen-bond donors (Lipinski definition) is 2. The Kier molecular flexibility index (Phi) is 23.0. The van der Waals surface area contributed by atoms with Crippen LogP contribution in [0.1, 0.15) is 13.8 Å². The molecule has 31 heavy (non-hydrogen) atoms. The molecule has 15 heteroatoms. The predicted octanol–water partition coefficient (Wildman–Crippen LogP) is -7.27. The summed E-state index contributed by atoms with van der Waals surface area (Å²) in [7, 11) is -4.94. The number of rotatable bonds is 3. The third-order valence-corrected chi connectivity index (χ3v) is 2.34. The van der Waals surface area contributed by atoms with Gasteiger partial charge >= 0.3 is 16.8 Å². The maximum Gasteiger partial charge on any atom is 3.00 e. The fourth-order valence-corrected chi connectivity index (χ4v) is 1.03. The quantitative estimate of drug-likeness (QED) is 0.391. The maximum atomic E-state index is 9.46. The number of aromatic nitrogens is 2. The van der Waals surface area contributed by atoms with Gasteiger partial charge < -0.3 is 36.7 Å². The second-order valence-electron chi connectivity index (χ2n) is 5.02. The Morgan fingerprint density at radius 3 is 1.16 bits per heavy atom. The van der Waals surface area contributed by atoms with E-state index in [0.29, 0.717) is 0 Å². The average Bonchev–Trinajstić information content (AvgIpc) is 2.62. The van der Waals surface area contributed by atoms with E-state index < -0.39 is 34.3 Å². The van der Waals surface area contributed by atoms with Crippen LogP contribution in [-0.4, -0.2) is 39.5 Å². The molecule has 0 spiro atoms. The summed E-state index contributed by atoms with van der Waals surface area (Å²) >= 11 is 0. The van der Waals surface area contributed by atoms with Crippen molar-refractivity contribution in [2.24, 2.45) is 11.5 Å². The zero-order valence-electron chi connectivity index (χ0n) is 16.3. The minimum atomic E-state index is -4.94. The summed E-state index contributed by atoms with van der Waals surface area (Å²) in [5.41, 5.74) is 11.4. The number of aliphatic carboxylic acids is 2. The number of carboxylic acid groups (broad SMARTS) is 2. The summed E-state index contributed by atoms with van der Waals surface area (Å²) in [4.78, 5) is 27.3. The van der Waals surface area contributed by atoms with Crippen molar-refractivity contribution in [2.45, 2.75) is 25.9 Å². The molecule has 0 bridgehead atoms. The number of nitrogens with two attached hydrogens (primary N) is 2. The Hall–Kier alpha value is -2.24. The van der Waals surface area contributed by atoms with E-state index >= 15 is 0 Å². The minimum Gasteiger partial charge on any atom is -0.548 e. The summed E-state index contributed by atoms with van der Waals surface area (Å²) in [6.45, 7) is 2.71. The molecule has 0 aliphatic carbocycles. The first kappa shape index (κ1) is 36.1. The summed E-state index contributed by atoms with van der Waals surface area (Å²) in [6, 6.07) is 9.91. The first-order valence-electron chi connectivity index (χ1n) is 7.62. The van der Waals surface area contributed by atoms with E-state index in [-0.39, 0.29) is 22.3 Å². The van der Waals surface area contributed by atoms with Gasteiger partial charge in [0, 0.05) is 24.5 Å². The predicted molar refractivity (Wildman–Crippen MR) is 88.4 cm³/mol. The molecule has 0 aliphatic rings. The molecule has 6 N–H and O–H groups in total. The Labute approximate surface area is 190 Å². The monoisotopic (exact) mass is 508 g/mol. The molecule has 176 valence electrons. The molecular weight excluding hydrogens is 487 g/mol. The number of hydrogen-bond acceptors (Lipinski definition) is 12. The van der Waals surface area contributed by atoms with Crippen LogP contribution >= 0.6 is 0 Å². The average molecular weight is 509 g/mol. The van der Waals surface area contributed by atoms with Crippen LogP contribution in [0.4, 0.5) is 0 Å². The molecule has 2 aromatic rings. The molecule has 2 aromatic heterocycles. The van der Waals surface area contributed by atoms with Crippen LogP contribution in [0.25, 0.3) is 11.4 Å². The number of nitrogens with zero attached hydrogens (tertiary/aromatic N) is 2. The van der Waals surface area contributed by atoms with Crippen molar-refractivity contribution in [3.05, 3.63) is 48.8 Å². The Morgan fingerprint density at radius 1 is 0.806 bits per heavy atom. The SMILES string of the molecule is C[C@H](N)C(=O)[O-].C[C@H](N)C(=O)[O-].O.[Co+3].[O-][Cl+3]([O-])([O-])[O-].c1ccc(-c2ccccn2)nc1. The zero-order valence-corrected chi connectivity index (χ0v) is 18.1. The molecule has 0 aromatic carbocycles. The van der Waals surface area contributed by atoms with Gasteiger partial charge in [0.25, 0.3) is 0 Å². The van der Waals surface area contributed by atoms with Gasteiger partial charge in [-0.25, -0.2) is 18.6 Å². The van der Waals surface area contributed by atoms with E-state index in [1.54, 1.807) is 12.4 Å². The molecule has 0 amide bonds. The standard InChI is InChI=1S/C10H8N2.2C3H7NO2.ClHO4.Co.H2O/c1-3-7-11-9(5-1)10-6-2-4-8-12-10;2*1-2(4)3(5)6;2-1(3,4)5;;/h1-8H;2*2H,4H2,1H3,(H,5,6);(H,2,3,4,5);;1H2/q;;;;+3;/p-3/t;2*2-;;;/m.00.../s1. The van der Waals surface area contributed by atoms with Crippen LogP contribution in [0.2, 0.25) is 0 Å². The van der Waals surface area contributed by atoms with Crippen LogP contribution in [-0.2, 0) is 26.4 Å². The Bertz CT molecular complexity index is 644. The number of halogens is 1. The van der Waals surface area contributed by atoms with Gasteiger partial charge in [-0.3, -0.25) is 9.97 Å². The van der Waals surface area contributed by atoms with E-state index in [2.05, 4.69) is 9.97 Å². The van der Waals surface area contributed by atoms with Crippen molar-refractivity contribution in [1.82, 2.24) is 9.97 Å². The van der Waals surface area contributed by atoms with Crippen molar-refractivity contribution < 1.29 is 70.9 Å². The first-order valence-corrected chi connectivity index (χ1v) is 8.86. The molecule has 0 saturated carbocycles. The van der Waals surface area contributed by atoms with E-state index in [9.17, 15) is 19.8 Å². The van der Waals surface area contributed by atoms with E-state index in [0.717, 1.165) is 11.4 Å². The fourth-order valence-electron chi connectivity index (χ4n) is 1.03. The van der Waals surface area contributed by atoms with Gasteiger partial charge in [0.15, 0.2) is 0 Å². The number of carbonyl (C=O) groups excluding carboxylic acids is 2. The van der Waals surface area contributed by atoms with Gasteiger partial charge in [0.1, 0.15) is 0 Å². The molecular formula is C16H22ClCoN4O9. The molecule has 0 fully saturated rings. The van der Waals surface area contributed by atoms with Gasteiger partial charge in [0.2, 0.25) is 0 Å². The largest absolute Gasteiger partial charge is 3.00 e.